The van der Waals surface area contributed by atoms with Crippen molar-refractivity contribution in [2.45, 2.75) is 56.3 Å². The number of hydrogen-bond donors (Lipinski definition) is 2. The first-order chi connectivity index (χ1) is 8.14. The number of aliphatic hydroxyl groups excluding tert-OH is 1. The third kappa shape index (κ3) is 1.65. The maximum Gasteiger partial charge on any atom is 0.168 e. The maximum atomic E-state index is 10.8. The standard InChI is InChI=1S/C13H22O4/c14-10-11(2-1-3-11)12(15)4-6-13(7-5-12)16-8-9-17-13/h14-15H,1-10H2. The van der Waals surface area contributed by atoms with Gasteiger partial charge in [0.1, 0.15) is 0 Å². The fraction of sp³-hybridized carbons (Fsp3) is 1.00. The lowest BCUT2D eigenvalue weighted by Gasteiger charge is -2.55. The van der Waals surface area contributed by atoms with E-state index >= 15 is 0 Å². The minimum absolute atomic E-state index is 0.109. The Kier molecular flexibility index (Phi) is 2.74. The van der Waals surface area contributed by atoms with Crippen LogP contribution >= 0.6 is 0 Å². The van der Waals surface area contributed by atoms with E-state index in [0.29, 0.717) is 26.1 Å². The summed E-state index contributed by atoms with van der Waals surface area (Å²) in [7, 11) is 0. The third-order valence-corrected chi connectivity index (χ3v) is 5.25. The minimum atomic E-state index is -0.708. The van der Waals surface area contributed by atoms with Crippen molar-refractivity contribution in [3.63, 3.8) is 0 Å². The molecule has 2 N–H and O–H groups in total. The molecule has 1 heterocycles. The Morgan fingerprint density at radius 1 is 0.882 bits per heavy atom. The van der Waals surface area contributed by atoms with Crippen LogP contribution in [0.1, 0.15) is 44.9 Å². The SMILES string of the molecule is OCC1(C2(O)CCC3(CC2)OCCO3)CCC1. The summed E-state index contributed by atoms with van der Waals surface area (Å²) in [5, 5.41) is 20.4. The number of hydrogen-bond acceptors (Lipinski definition) is 4. The van der Waals surface area contributed by atoms with Gasteiger partial charge in [-0.15, -0.1) is 0 Å². The van der Waals surface area contributed by atoms with Gasteiger partial charge in [-0.05, 0) is 25.7 Å². The lowest BCUT2D eigenvalue weighted by atomic mass is 9.55. The van der Waals surface area contributed by atoms with Crippen LogP contribution in [0.25, 0.3) is 0 Å². The molecule has 2 aliphatic carbocycles. The largest absolute Gasteiger partial charge is 0.396 e. The van der Waals surface area contributed by atoms with E-state index in [4.69, 9.17) is 9.47 Å². The first-order valence-electron chi connectivity index (χ1n) is 6.75. The highest BCUT2D eigenvalue weighted by Crippen LogP contribution is 2.56. The van der Waals surface area contributed by atoms with E-state index < -0.39 is 11.4 Å². The second kappa shape index (κ2) is 3.92. The second-order valence-corrected chi connectivity index (χ2v) is 5.93. The molecule has 1 aliphatic heterocycles. The highest BCUT2D eigenvalue weighted by molar-refractivity contribution is 5.06. The van der Waals surface area contributed by atoms with Crippen molar-refractivity contribution < 1.29 is 19.7 Å². The van der Waals surface area contributed by atoms with Crippen molar-refractivity contribution >= 4 is 0 Å². The first kappa shape index (κ1) is 11.9. The topological polar surface area (TPSA) is 58.9 Å². The van der Waals surface area contributed by atoms with Gasteiger partial charge in [-0.2, -0.15) is 0 Å². The molecule has 4 nitrogen and oxygen atoms in total. The average molecular weight is 242 g/mol. The highest BCUT2D eigenvalue weighted by atomic mass is 16.7. The smallest absolute Gasteiger partial charge is 0.168 e. The number of rotatable bonds is 2. The van der Waals surface area contributed by atoms with Crippen LogP contribution in [-0.4, -0.2) is 41.4 Å². The van der Waals surface area contributed by atoms with E-state index in [1.54, 1.807) is 0 Å². The van der Waals surface area contributed by atoms with Gasteiger partial charge in [0.15, 0.2) is 5.79 Å². The Balaban J connectivity index is 1.70. The molecule has 0 atom stereocenters. The quantitative estimate of drug-likeness (QED) is 0.764. The van der Waals surface area contributed by atoms with Gasteiger partial charge in [-0.3, -0.25) is 0 Å². The van der Waals surface area contributed by atoms with Crippen LogP contribution in [0.15, 0.2) is 0 Å². The van der Waals surface area contributed by atoms with Gasteiger partial charge >= 0.3 is 0 Å². The van der Waals surface area contributed by atoms with E-state index in [1.807, 2.05) is 0 Å². The Bertz CT molecular complexity index is 276. The number of ether oxygens (including phenoxy) is 2. The van der Waals surface area contributed by atoms with Crippen molar-refractivity contribution in [2.24, 2.45) is 5.41 Å². The molecule has 17 heavy (non-hydrogen) atoms. The molecule has 2 saturated carbocycles. The summed E-state index contributed by atoms with van der Waals surface area (Å²) in [6.45, 7) is 1.45. The van der Waals surface area contributed by atoms with Gasteiger partial charge in [-0.1, -0.05) is 6.42 Å². The van der Waals surface area contributed by atoms with E-state index in [0.717, 1.165) is 32.1 Å². The predicted octanol–water partition coefficient (Wildman–Crippen LogP) is 1.20. The highest BCUT2D eigenvalue weighted by Gasteiger charge is 2.57. The van der Waals surface area contributed by atoms with Gasteiger partial charge in [0.25, 0.3) is 0 Å². The second-order valence-electron chi connectivity index (χ2n) is 5.93. The molecule has 98 valence electrons. The molecule has 1 saturated heterocycles. The zero-order valence-electron chi connectivity index (χ0n) is 10.3. The van der Waals surface area contributed by atoms with Crippen LogP contribution in [0.3, 0.4) is 0 Å². The normalized spacial score (nSPS) is 33.5. The first-order valence-corrected chi connectivity index (χ1v) is 6.75. The molecule has 0 aromatic carbocycles. The maximum absolute atomic E-state index is 10.8. The zero-order valence-corrected chi connectivity index (χ0v) is 10.3. The molecule has 0 amide bonds. The lowest BCUT2D eigenvalue weighted by molar-refractivity contribution is -0.239. The summed E-state index contributed by atoms with van der Waals surface area (Å²) in [5.74, 6) is -0.424. The van der Waals surface area contributed by atoms with Crippen molar-refractivity contribution in [3.8, 4) is 0 Å². The molecule has 3 rings (SSSR count). The van der Waals surface area contributed by atoms with Crippen LogP contribution in [0.5, 0.6) is 0 Å². The van der Waals surface area contributed by atoms with Crippen molar-refractivity contribution in [1.29, 1.82) is 0 Å². The van der Waals surface area contributed by atoms with Gasteiger partial charge in [-0.25, -0.2) is 0 Å². The molecule has 3 aliphatic rings. The lowest BCUT2D eigenvalue weighted by Crippen LogP contribution is -2.58. The summed E-state index contributed by atoms with van der Waals surface area (Å²) in [6.07, 6.45) is 5.92. The Morgan fingerprint density at radius 3 is 1.88 bits per heavy atom. The van der Waals surface area contributed by atoms with Crippen LogP contribution in [0.2, 0.25) is 0 Å². The van der Waals surface area contributed by atoms with E-state index in [9.17, 15) is 10.2 Å². The van der Waals surface area contributed by atoms with Crippen molar-refractivity contribution in [3.05, 3.63) is 0 Å². The van der Waals surface area contributed by atoms with E-state index in [1.165, 1.54) is 0 Å². The fourth-order valence-electron chi connectivity index (χ4n) is 3.73. The summed E-state index contributed by atoms with van der Waals surface area (Å²) in [4.78, 5) is 0. The molecular formula is C13H22O4. The summed E-state index contributed by atoms with van der Waals surface area (Å²) in [5.41, 5.74) is -0.951. The van der Waals surface area contributed by atoms with Crippen LogP contribution in [-0.2, 0) is 9.47 Å². The molecule has 0 aromatic rings. The molecular weight excluding hydrogens is 220 g/mol. The van der Waals surface area contributed by atoms with Gasteiger partial charge < -0.3 is 19.7 Å². The summed E-state index contributed by atoms with van der Waals surface area (Å²) in [6, 6.07) is 0. The summed E-state index contributed by atoms with van der Waals surface area (Å²) >= 11 is 0. The van der Waals surface area contributed by atoms with Gasteiger partial charge in [0, 0.05) is 18.3 Å². The summed E-state index contributed by atoms with van der Waals surface area (Å²) < 4.78 is 11.4. The van der Waals surface area contributed by atoms with Gasteiger partial charge in [0.05, 0.1) is 25.4 Å². The molecule has 0 bridgehead atoms. The van der Waals surface area contributed by atoms with E-state index in [-0.39, 0.29) is 12.0 Å². The predicted molar refractivity (Wildman–Crippen MR) is 61.4 cm³/mol. The number of aliphatic hydroxyl groups is 2. The van der Waals surface area contributed by atoms with Crippen molar-refractivity contribution in [2.75, 3.05) is 19.8 Å². The molecule has 0 aromatic heterocycles. The Morgan fingerprint density at radius 2 is 1.47 bits per heavy atom. The molecule has 0 unspecified atom stereocenters. The Hall–Kier alpha value is -0.160. The molecule has 0 radical (unpaired) electrons. The minimum Gasteiger partial charge on any atom is -0.396 e. The van der Waals surface area contributed by atoms with Crippen LogP contribution in [0.4, 0.5) is 0 Å². The van der Waals surface area contributed by atoms with Crippen LogP contribution in [0, 0.1) is 5.41 Å². The fourth-order valence-corrected chi connectivity index (χ4v) is 3.73. The van der Waals surface area contributed by atoms with Crippen molar-refractivity contribution in [1.82, 2.24) is 0 Å². The molecule has 3 fully saturated rings. The molecule has 4 heteroatoms. The van der Waals surface area contributed by atoms with Gasteiger partial charge in [0.2, 0.25) is 0 Å². The van der Waals surface area contributed by atoms with E-state index in [2.05, 4.69) is 0 Å². The monoisotopic (exact) mass is 242 g/mol. The Labute approximate surface area is 102 Å². The zero-order chi connectivity index (χ0) is 12.0. The third-order valence-electron chi connectivity index (χ3n) is 5.25. The van der Waals surface area contributed by atoms with Crippen LogP contribution < -0.4 is 0 Å². The molecule has 1 spiro atoms. The average Bonchev–Trinajstić information content (AvgIpc) is 2.72.